The van der Waals surface area contributed by atoms with Crippen molar-refractivity contribution in [1.29, 1.82) is 0 Å². The average Bonchev–Trinajstić information content (AvgIpc) is 2.13. The molecule has 1 aromatic rings. The van der Waals surface area contributed by atoms with Crippen molar-refractivity contribution in [2.45, 2.75) is 19.4 Å². The standard InChI is InChI=1S/C12H14F3N/c1-7(2)4-11(16-3)12-9(14)5-8(13)6-10(12)15/h5-6,11,16H,1,4H2,2-3H3. The van der Waals surface area contributed by atoms with E-state index < -0.39 is 23.5 Å². The summed E-state index contributed by atoms with van der Waals surface area (Å²) in [5.74, 6) is -2.67. The average molecular weight is 229 g/mol. The molecule has 1 aromatic carbocycles. The van der Waals surface area contributed by atoms with Crippen LogP contribution in [0.25, 0.3) is 0 Å². The molecule has 0 aromatic heterocycles. The van der Waals surface area contributed by atoms with Crippen LogP contribution in [0.15, 0.2) is 24.3 Å². The lowest BCUT2D eigenvalue weighted by Crippen LogP contribution is -2.19. The van der Waals surface area contributed by atoms with E-state index in [0.717, 1.165) is 5.57 Å². The highest BCUT2D eigenvalue weighted by molar-refractivity contribution is 5.25. The first-order chi connectivity index (χ1) is 7.45. The number of nitrogens with one attached hydrogen (secondary N) is 1. The Bertz CT molecular complexity index is 378. The first kappa shape index (κ1) is 12.8. The quantitative estimate of drug-likeness (QED) is 0.781. The highest BCUT2D eigenvalue weighted by Gasteiger charge is 2.19. The van der Waals surface area contributed by atoms with E-state index in [1.165, 1.54) is 0 Å². The third-order valence-corrected chi connectivity index (χ3v) is 2.29. The maximum atomic E-state index is 13.4. The molecule has 88 valence electrons. The Labute approximate surface area is 93.0 Å². The maximum absolute atomic E-state index is 13.4. The fourth-order valence-corrected chi connectivity index (χ4v) is 1.58. The van der Waals surface area contributed by atoms with Crippen molar-refractivity contribution in [3.63, 3.8) is 0 Å². The minimum atomic E-state index is -0.913. The van der Waals surface area contributed by atoms with E-state index >= 15 is 0 Å². The van der Waals surface area contributed by atoms with Crippen LogP contribution in [0.1, 0.15) is 24.9 Å². The van der Waals surface area contributed by atoms with Crippen LogP contribution in [0.5, 0.6) is 0 Å². The molecule has 0 spiro atoms. The van der Waals surface area contributed by atoms with Gasteiger partial charge in [0.2, 0.25) is 0 Å². The Morgan fingerprint density at radius 3 is 2.19 bits per heavy atom. The molecule has 1 unspecified atom stereocenters. The third-order valence-electron chi connectivity index (χ3n) is 2.29. The van der Waals surface area contributed by atoms with Crippen molar-refractivity contribution in [2.24, 2.45) is 0 Å². The predicted octanol–water partition coefficient (Wildman–Crippen LogP) is 3.33. The molecule has 1 rings (SSSR count). The summed E-state index contributed by atoms with van der Waals surface area (Å²) in [6, 6.07) is 0.834. The first-order valence-electron chi connectivity index (χ1n) is 4.91. The maximum Gasteiger partial charge on any atom is 0.133 e. The van der Waals surface area contributed by atoms with Gasteiger partial charge in [-0.2, -0.15) is 0 Å². The van der Waals surface area contributed by atoms with Crippen molar-refractivity contribution in [3.8, 4) is 0 Å². The van der Waals surface area contributed by atoms with Gasteiger partial charge in [0.15, 0.2) is 0 Å². The van der Waals surface area contributed by atoms with Gasteiger partial charge in [0.1, 0.15) is 17.5 Å². The van der Waals surface area contributed by atoms with Gasteiger partial charge in [-0.3, -0.25) is 0 Å². The topological polar surface area (TPSA) is 12.0 Å². The molecule has 0 aliphatic carbocycles. The van der Waals surface area contributed by atoms with E-state index in [1.54, 1.807) is 14.0 Å². The van der Waals surface area contributed by atoms with Gasteiger partial charge in [-0.15, -0.1) is 6.58 Å². The summed E-state index contributed by atoms with van der Waals surface area (Å²) in [7, 11) is 1.59. The Balaban J connectivity index is 3.14. The summed E-state index contributed by atoms with van der Waals surface area (Å²) in [6.45, 7) is 5.45. The molecule has 4 heteroatoms. The number of rotatable bonds is 4. The second kappa shape index (κ2) is 5.16. The molecule has 0 heterocycles. The smallest absolute Gasteiger partial charge is 0.133 e. The van der Waals surface area contributed by atoms with Crippen LogP contribution in [0.2, 0.25) is 0 Å². The van der Waals surface area contributed by atoms with Gasteiger partial charge in [0.05, 0.1) is 0 Å². The van der Waals surface area contributed by atoms with Gasteiger partial charge in [0.25, 0.3) is 0 Å². The zero-order valence-electron chi connectivity index (χ0n) is 9.28. The van der Waals surface area contributed by atoms with E-state index in [1.807, 2.05) is 0 Å². The second-order valence-corrected chi connectivity index (χ2v) is 3.79. The van der Waals surface area contributed by atoms with Crippen molar-refractivity contribution in [2.75, 3.05) is 7.05 Å². The summed E-state index contributed by atoms with van der Waals surface area (Å²) >= 11 is 0. The zero-order chi connectivity index (χ0) is 12.3. The van der Waals surface area contributed by atoms with Gasteiger partial charge in [-0.1, -0.05) is 5.57 Å². The van der Waals surface area contributed by atoms with Crippen LogP contribution < -0.4 is 5.32 Å². The zero-order valence-corrected chi connectivity index (χ0v) is 9.28. The SMILES string of the molecule is C=C(C)CC(NC)c1c(F)cc(F)cc1F. The van der Waals surface area contributed by atoms with Crippen LogP contribution in [0.3, 0.4) is 0 Å². The molecule has 0 bridgehead atoms. The number of benzene rings is 1. The van der Waals surface area contributed by atoms with Crippen LogP contribution >= 0.6 is 0 Å². The molecule has 0 aliphatic heterocycles. The largest absolute Gasteiger partial charge is 0.313 e. The molecular formula is C12H14F3N. The van der Waals surface area contributed by atoms with Crippen LogP contribution in [0.4, 0.5) is 13.2 Å². The van der Waals surface area contributed by atoms with Crippen molar-refractivity contribution < 1.29 is 13.2 Å². The molecule has 0 fully saturated rings. The second-order valence-electron chi connectivity index (χ2n) is 3.79. The van der Waals surface area contributed by atoms with E-state index in [4.69, 9.17) is 0 Å². The van der Waals surface area contributed by atoms with Crippen molar-refractivity contribution in [1.82, 2.24) is 5.32 Å². The molecule has 0 aliphatic rings. The normalized spacial score (nSPS) is 12.6. The van der Waals surface area contributed by atoms with E-state index in [9.17, 15) is 13.2 Å². The summed E-state index contributed by atoms with van der Waals surface area (Å²) in [4.78, 5) is 0. The van der Waals surface area contributed by atoms with Gasteiger partial charge >= 0.3 is 0 Å². The minimum Gasteiger partial charge on any atom is -0.313 e. The molecule has 0 saturated carbocycles. The molecule has 0 amide bonds. The summed E-state index contributed by atoms with van der Waals surface area (Å²) in [5, 5.41) is 2.79. The molecule has 16 heavy (non-hydrogen) atoms. The van der Waals surface area contributed by atoms with Gasteiger partial charge in [0, 0.05) is 23.7 Å². The number of hydrogen-bond acceptors (Lipinski definition) is 1. The molecule has 0 radical (unpaired) electrons. The molecule has 1 N–H and O–H groups in total. The molecule has 1 nitrogen and oxygen atoms in total. The first-order valence-corrected chi connectivity index (χ1v) is 4.91. The lowest BCUT2D eigenvalue weighted by atomic mass is 9.99. The Kier molecular flexibility index (Phi) is 4.12. The summed E-state index contributed by atoms with van der Waals surface area (Å²) < 4.78 is 39.6. The molecular weight excluding hydrogens is 215 g/mol. The monoisotopic (exact) mass is 229 g/mol. The highest BCUT2D eigenvalue weighted by atomic mass is 19.1. The van der Waals surface area contributed by atoms with E-state index in [2.05, 4.69) is 11.9 Å². The Morgan fingerprint density at radius 1 is 1.31 bits per heavy atom. The van der Waals surface area contributed by atoms with E-state index in [0.29, 0.717) is 18.6 Å². The van der Waals surface area contributed by atoms with Gasteiger partial charge in [-0.25, -0.2) is 13.2 Å². The Hall–Kier alpha value is -1.29. The summed E-state index contributed by atoms with van der Waals surface area (Å²) in [6.07, 6.45) is 0.399. The molecule has 0 saturated heterocycles. The fourth-order valence-electron chi connectivity index (χ4n) is 1.58. The lowest BCUT2D eigenvalue weighted by molar-refractivity contribution is 0.474. The predicted molar refractivity (Wildman–Crippen MR) is 57.5 cm³/mol. The van der Waals surface area contributed by atoms with Crippen LogP contribution in [-0.4, -0.2) is 7.05 Å². The highest BCUT2D eigenvalue weighted by Crippen LogP contribution is 2.26. The van der Waals surface area contributed by atoms with Crippen molar-refractivity contribution in [3.05, 3.63) is 47.3 Å². The van der Waals surface area contributed by atoms with E-state index in [-0.39, 0.29) is 5.56 Å². The fraction of sp³-hybridized carbons (Fsp3) is 0.333. The minimum absolute atomic E-state index is 0.146. The lowest BCUT2D eigenvalue weighted by Gasteiger charge is -2.18. The van der Waals surface area contributed by atoms with Gasteiger partial charge in [-0.05, 0) is 20.4 Å². The summed E-state index contributed by atoms with van der Waals surface area (Å²) in [5.41, 5.74) is 0.648. The molecule has 1 atom stereocenters. The van der Waals surface area contributed by atoms with Gasteiger partial charge < -0.3 is 5.32 Å². The van der Waals surface area contributed by atoms with Crippen molar-refractivity contribution >= 4 is 0 Å². The third kappa shape index (κ3) is 2.85. The number of halogens is 3. The Morgan fingerprint density at radius 2 is 1.81 bits per heavy atom. The van der Waals surface area contributed by atoms with Crippen LogP contribution in [0, 0.1) is 17.5 Å². The van der Waals surface area contributed by atoms with Crippen LogP contribution in [-0.2, 0) is 0 Å². The number of hydrogen-bond donors (Lipinski definition) is 1.